The number of fused-ring (bicyclic) bond motifs is 1. The molecule has 1 aliphatic rings. The van der Waals surface area contributed by atoms with Crippen molar-refractivity contribution < 1.29 is 14.2 Å². The van der Waals surface area contributed by atoms with E-state index in [4.69, 9.17) is 27.7 Å². The lowest BCUT2D eigenvalue weighted by Crippen LogP contribution is -2.36. The van der Waals surface area contributed by atoms with Crippen LogP contribution in [-0.4, -0.2) is 27.4 Å². The van der Waals surface area contributed by atoms with Crippen LogP contribution in [0, 0.1) is 10.1 Å². The van der Waals surface area contributed by atoms with E-state index in [1.54, 1.807) is 17.0 Å². The summed E-state index contributed by atoms with van der Waals surface area (Å²) in [4.78, 5) is 24.8. The van der Waals surface area contributed by atoms with Gasteiger partial charge >= 0.3 is 0 Å². The number of aromatic nitrogens is 1. The molecular weight excluding hydrogens is 405 g/mol. The summed E-state index contributed by atoms with van der Waals surface area (Å²) in [6.07, 6.45) is 0.568. The van der Waals surface area contributed by atoms with Gasteiger partial charge in [-0.05, 0) is 42.8 Å². The zero-order valence-electron chi connectivity index (χ0n) is 14.4. The van der Waals surface area contributed by atoms with Gasteiger partial charge in [-0.15, -0.1) is 0 Å². The topological polar surface area (TPSA) is 89.5 Å². The van der Waals surface area contributed by atoms with Crippen molar-refractivity contribution in [2.24, 2.45) is 0 Å². The molecule has 0 N–H and O–H groups in total. The first-order valence-electron chi connectivity index (χ1n) is 8.40. The number of rotatable bonds is 3. The van der Waals surface area contributed by atoms with Crippen LogP contribution >= 0.6 is 23.2 Å². The summed E-state index contributed by atoms with van der Waals surface area (Å²) in [5, 5.41) is 15.8. The Kier molecular flexibility index (Phi) is 4.78. The Morgan fingerprint density at radius 1 is 1.18 bits per heavy atom. The highest BCUT2D eigenvalue weighted by Crippen LogP contribution is 2.32. The SMILES string of the molecule is O=C(c1ccc(Cl)c([N+](=O)[O-])c1)N1CCc2c(noc2-c2ccc(Cl)cc2)C1. The predicted molar refractivity (Wildman–Crippen MR) is 103 cm³/mol. The summed E-state index contributed by atoms with van der Waals surface area (Å²) in [5.74, 6) is 0.349. The van der Waals surface area contributed by atoms with Gasteiger partial charge in [-0.25, -0.2) is 0 Å². The summed E-state index contributed by atoms with van der Waals surface area (Å²) in [7, 11) is 0. The molecule has 3 aromatic rings. The largest absolute Gasteiger partial charge is 0.356 e. The lowest BCUT2D eigenvalue weighted by Gasteiger charge is -2.26. The van der Waals surface area contributed by atoms with E-state index in [9.17, 15) is 14.9 Å². The van der Waals surface area contributed by atoms with Crippen molar-refractivity contribution in [3.63, 3.8) is 0 Å². The van der Waals surface area contributed by atoms with E-state index >= 15 is 0 Å². The monoisotopic (exact) mass is 417 g/mol. The molecule has 0 bridgehead atoms. The zero-order valence-corrected chi connectivity index (χ0v) is 15.9. The number of carbonyl (C=O) groups excluding carboxylic acids is 1. The molecule has 4 rings (SSSR count). The molecule has 0 fully saturated rings. The van der Waals surface area contributed by atoms with Gasteiger partial charge in [-0.2, -0.15) is 0 Å². The number of benzene rings is 2. The fourth-order valence-corrected chi connectivity index (χ4v) is 3.51. The van der Waals surface area contributed by atoms with Gasteiger partial charge in [0.2, 0.25) is 0 Å². The van der Waals surface area contributed by atoms with Crippen LogP contribution in [0.1, 0.15) is 21.6 Å². The average Bonchev–Trinajstić information content (AvgIpc) is 3.11. The summed E-state index contributed by atoms with van der Waals surface area (Å²) in [6, 6.07) is 11.3. The van der Waals surface area contributed by atoms with Crippen molar-refractivity contribution in [2.45, 2.75) is 13.0 Å². The van der Waals surface area contributed by atoms with Crippen LogP contribution in [0.3, 0.4) is 0 Å². The smallest absolute Gasteiger partial charge is 0.288 e. The Morgan fingerprint density at radius 2 is 1.93 bits per heavy atom. The molecule has 0 spiro atoms. The first kappa shape index (κ1) is 18.5. The number of hydrogen-bond donors (Lipinski definition) is 0. The maximum absolute atomic E-state index is 12.8. The maximum atomic E-state index is 12.8. The molecule has 28 heavy (non-hydrogen) atoms. The third-order valence-electron chi connectivity index (χ3n) is 4.63. The van der Waals surface area contributed by atoms with Gasteiger partial charge in [0.15, 0.2) is 5.76 Å². The Hall–Kier alpha value is -2.90. The third-order valence-corrected chi connectivity index (χ3v) is 5.20. The van der Waals surface area contributed by atoms with Gasteiger partial charge in [0.05, 0.1) is 11.5 Å². The highest BCUT2D eigenvalue weighted by atomic mass is 35.5. The molecule has 142 valence electrons. The minimum absolute atomic E-state index is 0.00779. The number of nitro benzene ring substituents is 1. The van der Waals surface area contributed by atoms with E-state index in [-0.39, 0.29) is 28.7 Å². The molecule has 2 heterocycles. The molecular formula is C19H13Cl2N3O4. The number of nitrogens with zero attached hydrogens (tertiary/aromatic N) is 3. The van der Waals surface area contributed by atoms with Gasteiger partial charge in [0.1, 0.15) is 10.7 Å². The third kappa shape index (κ3) is 3.34. The molecule has 1 aliphatic heterocycles. The van der Waals surface area contributed by atoms with Crippen molar-refractivity contribution in [3.8, 4) is 11.3 Å². The minimum atomic E-state index is -0.608. The standard InChI is InChI=1S/C19H13Cl2N3O4/c20-13-4-1-11(2-5-13)18-14-7-8-23(10-16(14)22-28-18)19(25)12-3-6-15(21)17(9-12)24(26)27/h1-6,9H,7-8,10H2. The van der Waals surface area contributed by atoms with Crippen LogP contribution in [0.2, 0.25) is 10.0 Å². The first-order valence-corrected chi connectivity index (χ1v) is 9.16. The van der Waals surface area contributed by atoms with E-state index in [0.29, 0.717) is 29.4 Å². The van der Waals surface area contributed by atoms with Crippen molar-refractivity contribution in [3.05, 3.63) is 79.4 Å². The summed E-state index contributed by atoms with van der Waals surface area (Å²) in [6.45, 7) is 0.714. The second-order valence-electron chi connectivity index (χ2n) is 6.34. The Labute approximate surface area is 169 Å². The molecule has 1 aromatic heterocycles. The summed E-state index contributed by atoms with van der Waals surface area (Å²) < 4.78 is 5.51. The summed E-state index contributed by atoms with van der Waals surface area (Å²) in [5.41, 5.74) is 2.41. The van der Waals surface area contributed by atoms with Crippen molar-refractivity contribution in [1.29, 1.82) is 0 Å². The lowest BCUT2D eigenvalue weighted by atomic mass is 10.00. The second kappa shape index (κ2) is 7.26. The fraction of sp³-hybridized carbons (Fsp3) is 0.158. The molecule has 0 aliphatic carbocycles. The van der Waals surface area contributed by atoms with E-state index < -0.39 is 4.92 Å². The van der Waals surface area contributed by atoms with E-state index in [1.807, 2.05) is 12.1 Å². The molecule has 7 nitrogen and oxygen atoms in total. The lowest BCUT2D eigenvalue weighted by molar-refractivity contribution is -0.384. The number of nitro groups is 1. The van der Waals surface area contributed by atoms with Crippen LogP contribution in [0.15, 0.2) is 47.0 Å². The number of amides is 1. The maximum Gasteiger partial charge on any atom is 0.288 e. The van der Waals surface area contributed by atoms with Crippen molar-refractivity contribution in [1.82, 2.24) is 10.1 Å². The van der Waals surface area contributed by atoms with Crippen LogP contribution in [0.25, 0.3) is 11.3 Å². The van der Waals surface area contributed by atoms with Gasteiger partial charge in [-0.3, -0.25) is 14.9 Å². The normalized spacial score (nSPS) is 13.3. The number of carbonyl (C=O) groups is 1. The van der Waals surface area contributed by atoms with Crippen molar-refractivity contribution >= 4 is 34.8 Å². The second-order valence-corrected chi connectivity index (χ2v) is 7.19. The molecule has 9 heteroatoms. The molecule has 0 saturated carbocycles. The zero-order chi connectivity index (χ0) is 19.8. The first-order chi connectivity index (χ1) is 13.4. The van der Waals surface area contributed by atoms with Crippen molar-refractivity contribution in [2.75, 3.05) is 6.54 Å². The van der Waals surface area contributed by atoms with Gasteiger partial charge in [-0.1, -0.05) is 28.4 Å². The predicted octanol–water partition coefficient (Wildman–Crippen LogP) is 4.76. The van der Waals surface area contributed by atoms with Crippen LogP contribution in [-0.2, 0) is 13.0 Å². The number of halogens is 2. The average molecular weight is 418 g/mol. The molecule has 0 saturated heterocycles. The van der Waals surface area contributed by atoms with Gasteiger partial charge in [0.25, 0.3) is 11.6 Å². The Bertz CT molecular complexity index is 1080. The van der Waals surface area contributed by atoms with E-state index in [1.165, 1.54) is 18.2 Å². The van der Waals surface area contributed by atoms with Gasteiger partial charge in [0, 0.05) is 34.3 Å². The number of hydrogen-bond acceptors (Lipinski definition) is 5. The quantitative estimate of drug-likeness (QED) is 0.452. The Morgan fingerprint density at radius 3 is 2.64 bits per heavy atom. The van der Waals surface area contributed by atoms with Crippen LogP contribution in [0.5, 0.6) is 0 Å². The van der Waals surface area contributed by atoms with Crippen LogP contribution < -0.4 is 0 Å². The summed E-state index contributed by atoms with van der Waals surface area (Å²) >= 11 is 11.8. The van der Waals surface area contributed by atoms with Gasteiger partial charge < -0.3 is 9.42 Å². The van der Waals surface area contributed by atoms with E-state index in [2.05, 4.69) is 5.16 Å². The minimum Gasteiger partial charge on any atom is -0.356 e. The Balaban J connectivity index is 1.58. The fourth-order valence-electron chi connectivity index (χ4n) is 3.20. The van der Waals surface area contributed by atoms with Crippen LogP contribution in [0.4, 0.5) is 5.69 Å². The molecule has 0 atom stereocenters. The highest BCUT2D eigenvalue weighted by Gasteiger charge is 2.28. The molecule has 0 unspecified atom stereocenters. The molecule has 0 radical (unpaired) electrons. The molecule has 2 aromatic carbocycles. The van der Waals surface area contributed by atoms with E-state index in [0.717, 1.165) is 11.1 Å². The molecule has 1 amide bonds. The highest BCUT2D eigenvalue weighted by molar-refractivity contribution is 6.32.